The first kappa shape index (κ1) is 18.7. The Balaban J connectivity index is 1.50. The van der Waals surface area contributed by atoms with Gasteiger partial charge in [0.05, 0.1) is 0 Å². The van der Waals surface area contributed by atoms with Gasteiger partial charge in [-0.3, -0.25) is 4.79 Å². The first-order valence-corrected chi connectivity index (χ1v) is 9.13. The number of ether oxygens (including phenoxy) is 2. The van der Waals surface area contributed by atoms with Gasteiger partial charge >= 0.3 is 12.1 Å². The second-order valence-electron chi connectivity index (χ2n) is 8.46. The van der Waals surface area contributed by atoms with E-state index < -0.39 is 11.1 Å². The maximum atomic E-state index is 12.4. The van der Waals surface area contributed by atoms with E-state index in [4.69, 9.17) is 15.2 Å². The Morgan fingerprint density at radius 1 is 1.15 bits per heavy atom. The van der Waals surface area contributed by atoms with Crippen LogP contribution in [-0.4, -0.2) is 41.2 Å². The summed E-state index contributed by atoms with van der Waals surface area (Å²) in [7, 11) is 0. The quantitative estimate of drug-likeness (QED) is 0.838. The molecule has 1 amide bonds. The van der Waals surface area contributed by atoms with Crippen LogP contribution in [0.2, 0.25) is 0 Å². The average molecular weight is 360 g/mol. The van der Waals surface area contributed by atoms with Crippen LogP contribution in [0.5, 0.6) is 0 Å². The molecule has 1 saturated heterocycles. The molecule has 142 valence electrons. The number of esters is 1. The van der Waals surface area contributed by atoms with E-state index in [0.29, 0.717) is 32.4 Å². The molecule has 26 heavy (non-hydrogen) atoms. The largest absolute Gasteiger partial charge is 0.459 e. The van der Waals surface area contributed by atoms with Crippen LogP contribution in [0, 0.1) is 5.41 Å². The number of rotatable bonds is 3. The molecule has 1 spiro atoms. The van der Waals surface area contributed by atoms with Gasteiger partial charge in [0.25, 0.3) is 0 Å². The molecular formula is C20H28N2O4. The van der Waals surface area contributed by atoms with E-state index in [9.17, 15) is 9.59 Å². The van der Waals surface area contributed by atoms with Gasteiger partial charge in [0, 0.05) is 18.5 Å². The van der Waals surface area contributed by atoms with E-state index in [1.165, 1.54) is 0 Å². The fourth-order valence-electron chi connectivity index (χ4n) is 3.70. The number of carbonyl (C=O) groups excluding carboxylic acids is 2. The molecule has 1 aromatic rings. The molecule has 2 fully saturated rings. The maximum Gasteiger partial charge on any atom is 0.410 e. The van der Waals surface area contributed by atoms with Gasteiger partial charge in [-0.05, 0) is 45.6 Å². The van der Waals surface area contributed by atoms with Crippen LogP contribution in [0.25, 0.3) is 0 Å². The van der Waals surface area contributed by atoms with Crippen molar-refractivity contribution in [3.05, 3.63) is 35.9 Å². The molecule has 1 saturated carbocycles. The molecule has 1 atom stereocenters. The Hall–Kier alpha value is -2.08. The number of hydrogen-bond donors (Lipinski definition) is 1. The summed E-state index contributed by atoms with van der Waals surface area (Å²) < 4.78 is 10.9. The van der Waals surface area contributed by atoms with E-state index in [1.54, 1.807) is 4.90 Å². The van der Waals surface area contributed by atoms with Gasteiger partial charge in [0.1, 0.15) is 17.7 Å². The Labute approximate surface area is 154 Å². The van der Waals surface area contributed by atoms with Crippen molar-refractivity contribution < 1.29 is 19.1 Å². The lowest BCUT2D eigenvalue weighted by atomic mass is 9.88. The number of benzene rings is 1. The minimum absolute atomic E-state index is 0.245. The van der Waals surface area contributed by atoms with Gasteiger partial charge < -0.3 is 20.1 Å². The molecule has 6 nitrogen and oxygen atoms in total. The van der Waals surface area contributed by atoms with Crippen LogP contribution in [0.1, 0.15) is 45.6 Å². The number of likely N-dealkylation sites (tertiary alicyclic amines) is 1. The molecule has 1 unspecified atom stereocenters. The van der Waals surface area contributed by atoms with Crippen LogP contribution in [0.3, 0.4) is 0 Å². The number of carbonyl (C=O) groups is 2. The van der Waals surface area contributed by atoms with Crippen molar-refractivity contribution in [3.63, 3.8) is 0 Å². The van der Waals surface area contributed by atoms with Crippen LogP contribution in [-0.2, 0) is 20.9 Å². The summed E-state index contributed by atoms with van der Waals surface area (Å²) in [4.78, 5) is 26.4. The third-order valence-electron chi connectivity index (χ3n) is 5.39. The van der Waals surface area contributed by atoms with E-state index in [-0.39, 0.29) is 24.1 Å². The summed E-state index contributed by atoms with van der Waals surface area (Å²) in [5.41, 5.74) is 5.61. The normalized spacial score (nSPS) is 24.2. The highest BCUT2D eigenvalue weighted by molar-refractivity contribution is 5.86. The number of hydrogen-bond acceptors (Lipinski definition) is 5. The van der Waals surface area contributed by atoms with Crippen molar-refractivity contribution in [2.75, 3.05) is 13.1 Å². The summed E-state index contributed by atoms with van der Waals surface area (Å²) in [6, 6.07) is 9.60. The minimum atomic E-state index is -0.916. The first-order valence-electron chi connectivity index (χ1n) is 9.13. The first-order chi connectivity index (χ1) is 12.2. The SMILES string of the molecule is CC(C)(C)OC(=O)C1(N)CC12CCN(C(=O)OCc1ccccc1)CC2. The van der Waals surface area contributed by atoms with Gasteiger partial charge in [0.15, 0.2) is 0 Å². The standard InChI is InChI=1S/C20H28N2O4/c1-18(2,3)26-16(23)20(21)14-19(20)9-11-22(12-10-19)17(24)25-13-15-7-5-4-6-8-15/h4-8H,9-14,21H2,1-3H3. The van der Waals surface area contributed by atoms with Gasteiger partial charge in [-0.1, -0.05) is 30.3 Å². The lowest BCUT2D eigenvalue weighted by molar-refractivity contribution is -0.159. The Morgan fingerprint density at radius 3 is 2.35 bits per heavy atom. The summed E-state index contributed by atoms with van der Waals surface area (Å²) >= 11 is 0. The summed E-state index contributed by atoms with van der Waals surface area (Å²) in [5, 5.41) is 0. The van der Waals surface area contributed by atoms with E-state index in [0.717, 1.165) is 5.56 Å². The van der Waals surface area contributed by atoms with E-state index in [2.05, 4.69) is 0 Å². The predicted octanol–water partition coefficient (Wildman–Crippen LogP) is 2.85. The monoisotopic (exact) mass is 360 g/mol. The van der Waals surface area contributed by atoms with E-state index in [1.807, 2.05) is 51.1 Å². The van der Waals surface area contributed by atoms with Crippen LogP contribution < -0.4 is 5.73 Å². The molecule has 1 aliphatic carbocycles. The molecule has 3 rings (SSSR count). The van der Waals surface area contributed by atoms with Gasteiger partial charge in [-0.2, -0.15) is 0 Å². The second kappa shape index (κ2) is 6.58. The van der Waals surface area contributed by atoms with Crippen LogP contribution in [0.15, 0.2) is 30.3 Å². The second-order valence-corrected chi connectivity index (χ2v) is 8.46. The Morgan fingerprint density at radius 2 is 1.77 bits per heavy atom. The lowest BCUT2D eigenvalue weighted by Crippen LogP contribution is -2.48. The summed E-state index contributed by atoms with van der Waals surface area (Å²) in [5.74, 6) is -0.329. The molecule has 1 aliphatic heterocycles. The predicted molar refractivity (Wildman–Crippen MR) is 97.2 cm³/mol. The Bertz CT molecular complexity index is 675. The molecule has 0 aromatic heterocycles. The number of amides is 1. The fraction of sp³-hybridized carbons (Fsp3) is 0.600. The van der Waals surface area contributed by atoms with Crippen molar-refractivity contribution in [1.29, 1.82) is 0 Å². The molecule has 1 heterocycles. The topological polar surface area (TPSA) is 81.9 Å². The highest BCUT2D eigenvalue weighted by atomic mass is 16.6. The van der Waals surface area contributed by atoms with Gasteiger partial charge in [-0.25, -0.2) is 4.79 Å². The zero-order valence-corrected chi connectivity index (χ0v) is 15.8. The molecule has 1 aromatic carbocycles. The highest BCUT2D eigenvalue weighted by Gasteiger charge is 2.71. The molecule has 2 N–H and O–H groups in total. The zero-order chi connectivity index (χ0) is 19.0. The Kier molecular flexibility index (Phi) is 4.73. The van der Waals surface area contributed by atoms with Crippen molar-refractivity contribution in [3.8, 4) is 0 Å². The molecule has 0 radical (unpaired) electrons. The van der Waals surface area contributed by atoms with E-state index >= 15 is 0 Å². The highest BCUT2D eigenvalue weighted by Crippen LogP contribution is 2.61. The van der Waals surface area contributed by atoms with Crippen LogP contribution in [0.4, 0.5) is 4.79 Å². The molecule has 0 bridgehead atoms. The number of piperidine rings is 1. The van der Waals surface area contributed by atoms with Gasteiger partial charge in [-0.15, -0.1) is 0 Å². The van der Waals surface area contributed by atoms with Crippen LogP contribution >= 0.6 is 0 Å². The molecule has 2 aliphatic rings. The number of nitrogens with two attached hydrogens (primary N) is 1. The maximum absolute atomic E-state index is 12.4. The molecular weight excluding hydrogens is 332 g/mol. The minimum Gasteiger partial charge on any atom is -0.459 e. The fourth-order valence-corrected chi connectivity index (χ4v) is 3.70. The average Bonchev–Trinajstić information content (AvgIpc) is 3.17. The van der Waals surface area contributed by atoms with Gasteiger partial charge in [0.2, 0.25) is 0 Å². The third-order valence-corrected chi connectivity index (χ3v) is 5.39. The summed E-state index contributed by atoms with van der Waals surface area (Å²) in [6.07, 6.45) is 1.71. The summed E-state index contributed by atoms with van der Waals surface area (Å²) in [6.45, 7) is 6.89. The lowest BCUT2D eigenvalue weighted by Gasteiger charge is -2.34. The van der Waals surface area contributed by atoms with Crippen molar-refractivity contribution in [1.82, 2.24) is 4.90 Å². The smallest absolute Gasteiger partial charge is 0.410 e. The van der Waals surface area contributed by atoms with Crippen molar-refractivity contribution >= 4 is 12.1 Å². The van der Waals surface area contributed by atoms with Crippen molar-refractivity contribution in [2.24, 2.45) is 11.1 Å². The molecule has 6 heteroatoms. The third kappa shape index (κ3) is 3.70. The van der Waals surface area contributed by atoms with Crippen molar-refractivity contribution in [2.45, 2.75) is 57.8 Å². The zero-order valence-electron chi connectivity index (χ0n) is 15.8. The number of nitrogens with zero attached hydrogens (tertiary/aromatic N) is 1.